The van der Waals surface area contributed by atoms with Crippen LogP contribution in [0.4, 0.5) is 0 Å². The van der Waals surface area contributed by atoms with E-state index in [0.717, 1.165) is 39.5 Å². The number of nitrogens with one attached hydrogen (secondary N) is 1. The summed E-state index contributed by atoms with van der Waals surface area (Å²) in [6.45, 7) is 8.81. The van der Waals surface area contributed by atoms with Crippen LogP contribution in [0.25, 0.3) is 0 Å². The van der Waals surface area contributed by atoms with E-state index in [9.17, 15) is 0 Å². The van der Waals surface area contributed by atoms with Crippen LogP contribution >= 0.6 is 0 Å². The molecule has 2 unspecified atom stereocenters. The molecule has 0 aromatic rings. The first-order valence-corrected chi connectivity index (χ1v) is 6.54. The van der Waals surface area contributed by atoms with Crippen LogP contribution in [0.2, 0.25) is 0 Å². The van der Waals surface area contributed by atoms with Crippen molar-refractivity contribution in [3.8, 4) is 0 Å². The quantitative estimate of drug-likeness (QED) is 0.670. The minimum atomic E-state index is 0.371. The smallest absolute Gasteiger partial charge is 0.0827 e. The zero-order valence-corrected chi connectivity index (χ0v) is 10.3. The lowest BCUT2D eigenvalue weighted by Gasteiger charge is -2.35. The highest BCUT2D eigenvalue weighted by Gasteiger charge is 2.31. The first kappa shape index (κ1) is 12.3. The van der Waals surface area contributed by atoms with Gasteiger partial charge in [-0.15, -0.1) is 0 Å². The fourth-order valence-corrected chi connectivity index (χ4v) is 2.56. The van der Waals surface area contributed by atoms with E-state index in [1.807, 2.05) is 6.92 Å². The van der Waals surface area contributed by atoms with Crippen LogP contribution in [-0.2, 0) is 9.47 Å². The van der Waals surface area contributed by atoms with Gasteiger partial charge < -0.3 is 14.8 Å². The van der Waals surface area contributed by atoms with Crippen LogP contribution in [0.3, 0.4) is 0 Å². The fourth-order valence-electron chi connectivity index (χ4n) is 2.56. The Kier molecular flexibility index (Phi) is 5.03. The normalized spacial score (nSPS) is 30.6. The molecule has 0 aromatic heterocycles. The third-order valence-electron chi connectivity index (χ3n) is 3.46. The van der Waals surface area contributed by atoms with Gasteiger partial charge in [0.05, 0.1) is 19.3 Å². The van der Waals surface area contributed by atoms with Gasteiger partial charge in [0.1, 0.15) is 0 Å². The Hall–Kier alpha value is -0.160. The SMILES string of the molecule is CCOCCNCC1CN2CCCC2CO1. The van der Waals surface area contributed by atoms with Gasteiger partial charge in [-0.25, -0.2) is 0 Å². The molecule has 2 fully saturated rings. The molecule has 1 N–H and O–H groups in total. The van der Waals surface area contributed by atoms with E-state index in [2.05, 4.69) is 10.2 Å². The van der Waals surface area contributed by atoms with Crippen molar-refractivity contribution in [1.29, 1.82) is 0 Å². The molecular weight excluding hydrogens is 204 g/mol. The van der Waals surface area contributed by atoms with Crippen molar-refractivity contribution in [3.05, 3.63) is 0 Å². The van der Waals surface area contributed by atoms with Gasteiger partial charge in [-0.1, -0.05) is 0 Å². The predicted molar refractivity (Wildman–Crippen MR) is 63.7 cm³/mol. The van der Waals surface area contributed by atoms with Crippen molar-refractivity contribution in [1.82, 2.24) is 10.2 Å². The van der Waals surface area contributed by atoms with Crippen molar-refractivity contribution in [2.45, 2.75) is 31.9 Å². The topological polar surface area (TPSA) is 33.7 Å². The molecule has 4 heteroatoms. The van der Waals surface area contributed by atoms with Crippen LogP contribution in [0, 0.1) is 0 Å². The van der Waals surface area contributed by atoms with E-state index in [0.29, 0.717) is 12.1 Å². The third-order valence-corrected chi connectivity index (χ3v) is 3.46. The second kappa shape index (κ2) is 6.55. The summed E-state index contributed by atoms with van der Waals surface area (Å²) in [5.74, 6) is 0. The Morgan fingerprint density at radius 1 is 1.50 bits per heavy atom. The number of morpholine rings is 1. The summed E-state index contributed by atoms with van der Waals surface area (Å²) >= 11 is 0. The maximum atomic E-state index is 5.85. The summed E-state index contributed by atoms with van der Waals surface area (Å²) in [6.07, 6.45) is 3.04. The Morgan fingerprint density at radius 2 is 2.44 bits per heavy atom. The van der Waals surface area contributed by atoms with Crippen LogP contribution in [0.5, 0.6) is 0 Å². The number of fused-ring (bicyclic) bond motifs is 1. The molecule has 0 bridgehead atoms. The first-order valence-electron chi connectivity index (χ1n) is 6.54. The molecule has 0 spiro atoms. The van der Waals surface area contributed by atoms with Crippen LogP contribution < -0.4 is 5.32 Å². The molecule has 2 saturated heterocycles. The standard InChI is InChI=1S/C12H24N2O2/c1-2-15-7-5-13-8-12-9-14-6-3-4-11(14)10-16-12/h11-13H,2-10H2,1H3. The minimum Gasteiger partial charge on any atom is -0.380 e. The lowest BCUT2D eigenvalue weighted by atomic mass is 10.2. The Balaban J connectivity index is 1.56. The van der Waals surface area contributed by atoms with Gasteiger partial charge in [0, 0.05) is 32.3 Å². The van der Waals surface area contributed by atoms with Gasteiger partial charge in [-0.2, -0.15) is 0 Å². The molecular formula is C12H24N2O2. The Morgan fingerprint density at radius 3 is 3.31 bits per heavy atom. The summed E-state index contributed by atoms with van der Waals surface area (Å²) in [6, 6.07) is 0.708. The lowest BCUT2D eigenvalue weighted by Crippen LogP contribution is -2.49. The molecule has 0 radical (unpaired) electrons. The van der Waals surface area contributed by atoms with E-state index in [-0.39, 0.29) is 0 Å². The summed E-state index contributed by atoms with van der Waals surface area (Å²) < 4.78 is 11.1. The molecule has 94 valence electrons. The van der Waals surface area contributed by atoms with Crippen LogP contribution in [0.15, 0.2) is 0 Å². The molecule has 2 aliphatic rings. The van der Waals surface area contributed by atoms with Crippen LogP contribution in [0.1, 0.15) is 19.8 Å². The number of rotatable bonds is 6. The maximum Gasteiger partial charge on any atom is 0.0827 e. The minimum absolute atomic E-state index is 0.371. The molecule has 16 heavy (non-hydrogen) atoms. The van der Waals surface area contributed by atoms with E-state index in [4.69, 9.17) is 9.47 Å². The van der Waals surface area contributed by atoms with Gasteiger partial charge >= 0.3 is 0 Å². The van der Waals surface area contributed by atoms with Crippen LogP contribution in [-0.4, -0.2) is 63.0 Å². The third kappa shape index (κ3) is 3.42. The largest absolute Gasteiger partial charge is 0.380 e. The van der Waals surface area contributed by atoms with Gasteiger partial charge in [0.2, 0.25) is 0 Å². The van der Waals surface area contributed by atoms with Gasteiger partial charge in [0.15, 0.2) is 0 Å². The van der Waals surface area contributed by atoms with Crippen molar-refractivity contribution in [2.24, 2.45) is 0 Å². The van der Waals surface area contributed by atoms with Gasteiger partial charge in [0.25, 0.3) is 0 Å². The molecule has 2 aliphatic heterocycles. The number of hydrogen-bond donors (Lipinski definition) is 1. The molecule has 4 nitrogen and oxygen atoms in total. The van der Waals surface area contributed by atoms with E-state index in [1.165, 1.54) is 19.4 Å². The van der Waals surface area contributed by atoms with E-state index < -0.39 is 0 Å². The Labute approximate surface area is 98.3 Å². The molecule has 0 saturated carbocycles. The predicted octanol–water partition coefficient (Wildman–Crippen LogP) is 0.476. The van der Waals surface area contributed by atoms with Gasteiger partial charge in [-0.3, -0.25) is 4.90 Å². The number of hydrogen-bond acceptors (Lipinski definition) is 4. The fraction of sp³-hybridized carbons (Fsp3) is 1.00. The zero-order chi connectivity index (χ0) is 11.2. The summed E-state index contributed by atoms with van der Waals surface area (Å²) in [4.78, 5) is 2.58. The summed E-state index contributed by atoms with van der Waals surface area (Å²) in [5, 5.41) is 3.39. The first-order chi connectivity index (χ1) is 7.90. The van der Waals surface area contributed by atoms with E-state index >= 15 is 0 Å². The highest BCUT2D eigenvalue weighted by Crippen LogP contribution is 2.22. The summed E-state index contributed by atoms with van der Waals surface area (Å²) in [7, 11) is 0. The van der Waals surface area contributed by atoms with Crippen molar-refractivity contribution in [2.75, 3.05) is 46.0 Å². The van der Waals surface area contributed by atoms with E-state index in [1.54, 1.807) is 0 Å². The molecule has 0 aromatic carbocycles. The molecule has 2 heterocycles. The highest BCUT2D eigenvalue weighted by molar-refractivity contribution is 4.85. The maximum absolute atomic E-state index is 5.85. The lowest BCUT2D eigenvalue weighted by molar-refractivity contribution is -0.0472. The highest BCUT2D eigenvalue weighted by atomic mass is 16.5. The molecule has 2 atom stereocenters. The van der Waals surface area contributed by atoms with Crippen molar-refractivity contribution < 1.29 is 9.47 Å². The average molecular weight is 228 g/mol. The second-order valence-electron chi connectivity index (χ2n) is 4.65. The molecule has 0 aliphatic carbocycles. The Bertz CT molecular complexity index is 201. The van der Waals surface area contributed by atoms with Crippen molar-refractivity contribution in [3.63, 3.8) is 0 Å². The van der Waals surface area contributed by atoms with Crippen molar-refractivity contribution >= 4 is 0 Å². The molecule has 0 amide bonds. The monoisotopic (exact) mass is 228 g/mol. The van der Waals surface area contributed by atoms with Gasteiger partial charge in [-0.05, 0) is 26.3 Å². The number of nitrogens with zero attached hydrogens (tertiary/aromatic N) is 1. The zero-order valence-electron chi connectivity index (χ0n) is 10.3. The second-order valence-corrected chi connectivity index (χ2v) is 4.65. The number of ether oxygens (including phenoxy) is 2. The summed E-state index contributed by atoms with van der Waals surface area (Å²) in [5.41, 5.74) is 0. The molecule has 2 rings (SSSR count). The average Bonchev–Trinajstić information content (AvgIpc) is 2.76.